The summed E-state index contributed by atoms with van der Waals surface area (Å²) >= 11 is 0. The van der Waals surface area contributed by atoms with Crippen molar-refractivity contribution in [3.63, 3.8) is 0 Å². The molecule has 6 nitrogen and oxygen atoms in total. The Hall–Kier alpha value is -1.69. The molecule has 0 aliphatic carbocycles. The van der Waals surface area contributed by atoms with Crippen molar-refractivity contribution in [2.24, 2.45) is 5.92 Å². The van der Waals surface area contributed by atoms with Gasteiger partial charge in [0.15, 0.2) is 0 Å². The first-order valence-electron chi connectivity index (χ1n) is 6.46. The molecule has 1 atom stereocenters. The molecule has 1 unspecified atom stereocenters. The highest BCUT2D eigenvalue weighted by Crippen LogP contribution is 2.14. The molecule has 0 bridgehead atoms. The fourth-order valence-electron chi connectivity index (χ4n) is 2.07. The van der Waals surface area contributed by atoms with Gasteiger partial charge in [-0.15, -0.1) is 0 Å². The molecule has 2 heterocycles. The third-order valence-corrected chi connectivity index (χ3v) is 3.06. The Bertz CT molecular complexity index is 445. The number of esters is 1. The van der Waals surface area contributed by atoms with E-state index in [4.69, 9.17) is 4.74 Å². The Balaban J connectivity index is 1.99. The van der Waals surface area contributed by atoms with Crippen LogP contribution in [-0.2, 0) is 4.74 Å². The summed E-state index contributed by atoms with van der Waals surface area (Å²) in [6.45, 7) is 4.44. The minimum atomic E-state index is -0.548. The van der Waals surface area contributed by atoms with Crippen LogP contribution < -0.4 is 10.1 Å². The monoisotopic (exact) mass is 265 g/mol. The van der Waals surface area contributed by atoms with Gasteiger partial charge in [0.1, 0.15) is 0 Å². The zero-order chi connectivity index (χ0) is 13.7. The molecule has 2 rings (SSSR count). The maximum Gasteiger partial charge on any atom is 0.376 e. The molecule has 1 aliphatic rings. The minimum Gasteiger partial charge on any atom is -0.477 e. The largest absolute Gasteiger partial charge is 0.477 e. The van der Waals surface area contributed by atoms with E-state index in [1.54, 1.807) is 13.0 Å². The summed E-state index contributed by atoms with van der Waals surface area (Å²) in [7, 11) is 1.31. The summed E-state index contributed by atoms with van der Waals surface area (Å²) in [5.41, 5.74) is 0.687. The summed E-state index contributed by atoms with van der Waals surface area (Å²) in [6.07, 6.45) is 2.32. The van der Waals surface area contributed by atoms with Crippen molar-refractivity contribution >= 4 is 5.97 Å². The first-order chi connectivity index (χ1) is 9.19. The van der Waals surface area contributed by atoms with Crippen LogP contribution in [-0.4, -0.2) is 42.7 Å². The third-order valence-electron chi connectivity index (χ3n) is 3.06. The van der Waals surface area contributed by atoms with E-state index in [0.29, 0.717) is 24.1 Å². The zero-order valence-corrected chi connectivity index (χ0v) is 11.3. The molecular weight excluding hydrogens is 246 g/mol. The number of aromatic nitrogens is 2. The lowest BCUT2D eigenvalue weighted by atomic mass is 10.0. The standard InChI is InChI=1S/C13H19N3O3/c1-9-6-11(16-12(15-9)13(17)18-2)19-8-10-4-3-5-14-7-10/h6,10,14H,3-5,7-8H2,1-2H3. The summed E-state index contributed by atoms with van der Waals surface area (Å²) < 4.78 is 10.3. The van der Waals surface area contributed by atoms with E-state index in [2.05, 4.69) is 20.0 Å². The molecule has 0 saturated carbocycles. The Morgan fingerprint density at radius 1 is 1.53 bits per heavy atom. The molecule has 6 heteroatoms. The number of ether oxygens (including phenoxy) is 2. The van der Waals surface area contributed by atoms with Crippen molar-refractivity contribution in [1.82, 2.24) is 15.3 Å². The second-order valence-corrected chi connectivity index (χ2v) is 4.69. The van der Waals surface area contributed by atoms with E-state index in [9.17, 15) is 4.79 Å². The zero-order valence-electron chi connectivity index (χ0n) is 11.3. The van der Waals surface area contributed by atoms with Gasteiger partial charge in [0.2, 0.25) is 11.7 Å². The lowest BCUT2D eigenvalue weighted by Gasteiger charge is -2.22. The van der Waals surface area contributed by atoms with Crippen LogP contribution in [0.5, 0.6) is 5.88 Å². The van der Waals surface area contributed by atoms with Crippen LogP contribution in [0.3, 0.4) is 0 Å². The number of piperidine rings is 1. The Labute approximate surface area is 112 Å². The summed E-state index contributed by atoms with van der Waals surface area (Å²) in [5, 5.41) is 3.33. The van der Waals surface area contributed by atoms with Crippen LogP contribution in [0.15, 0.2) is 6.07 Å². The van der Waals surface area contributed by atoms with Gasteiger partial charge < -0.3 is 14.8 Å². The molecule has 1 saturated heterocycles. The fourth-order valence-corrected chi connectivity index (χ4v) is 2.07. The van der Waals surface area contributed by atoms with Crippen LogP contribution in [0, 0.1) is 12.8 Å². The number of aryl methyl sites for hydroxylation is 1. The number of carbonyl (C=O) groups excluding carboxylic acids is 1. The predicted octanol–water partition coefficient (Wildman–Crippen LogP) is 0.950. The Morgan fingerprint density at radius 2 is 2.37 bits per heavy atom. The molecule has 19 heavy (non-hydrogen) atoms. The highest BCUT2D eigenvalue weighted by atomic mass is 16.5. The van der Waals surface area contributed by atoms with E-state index in [1.165, 1.54) is 13.5 Å². The van der Waals surface area contributed by atoms with Crippen LogP contribution in [0.4, 0.5) is 0 Å². The lowest BCUT2D eigenvalue weighted by Crippen LogP contribution is -2.33. The molecule has 1 fully saturated rings. The normalized spacial score (nSPS) is 18.9. The molecule has 1 aromatic rings. The van der Waals surface area contributed by atoms with Gasteiger partial charge in [0, 0.05) is 24.2 Å². The van der Waals surface area contributed by atoms with Crippen molar-refractivity contribution in [3.8, 4) is 5.88 Å². The quantitative estimate of drug-likeness (QED) is 0.817. The maximum atomic E-state index is 11.4. The molecule has 0 aromatic carbocycles. The molecule has 104 valence electrons. The molecule has 1 aliphatic heterocycles. The average molecular weight is 265 g/mol. The van der Waals surface area contributed by atoms with Crippen molar-refractivity contribution in [3.05, 3.63) is 17.6 Å². The van der Waals surface area contributed by atoms with E-state index in [-0.39, 0.29) is 5.82 Å². The summed E-state index contributed by atoms with van der Waals surface area (Å²) in [5.74, 6) is 0.413. The number of methoxy groups -OCH3 is 1. The second-order valence-electron chi connectivity index (χ2n) is 4.69. The van der Waals surface area contributed by atoms with Crippen molar-refractivity contribution in [1.29, 1.82) is 0 Å². The first-order valence-corrected chi connectivity index (χ1v) is 6.46. The van der Waals surface area contributed by atoms with Gasteiger partial charge >= 0.3 is 5.97 Å². The van der Waals surface area contributed by atoms with E-state index >= 15 is 0 Å². The molecule has 1 aromatic heterocycles. The van der Waals surface area contributed by atoms with Gasteiger partial charge in [-0.2, -0.15) is 4.98 Å². The highest BCUT2D eigenvalue weighted by Gasteiger charge is 2.16. The molecular formula is C13H19N3O3. The maximum absolute atomic E-state index is 11.4. The van der Waals surface area contributed by atoms with Gasteiger partial charge in [-0.1, -0.05) is 0 Å². The highest BCUT2D eigenvalue weighted by molar-refractivity contribution is 5.85. The van der Waals surface area contributed by atoms with Crippen LogP contribution in [0.2, 0.25) is 0 Å². The van der Waals surface area contributed by atoms with E-state index < -0.39 is 5.97 Å². The lowest BCUT2D eigenvalue weighted by molar-refractivity contribution is 0.0584. The van der Waals surface area contributed by atoms with Crippen molar-refractivity contribution < 1.29 is 14.3 Å². The smallest absolute Gasteiger partial charge is 0.376 e. The molecule has 0 radical (unpaired) electrons. The molecule has 1 N–H and O–H groups in total. The predicted molar refractivity (Wildman–Crippen MR) is 69.2 cm³/mol. The second kappa shape index (κ2) is 6.47. The number of carbonyl (C=O) groups is 1. The van der Waals surface area contributed by atoms with Gasteiger partial charge in [0.05, 0.1) is 13.7 Å². The molecule has 0 spiro atoms. The molecule has 0 amide bonds. The van der Waals surface area contributed by atoms with Crippen LogP contribution in [0.1, 0.15) is 29.2 Å². The fraction of sp³-hybridized carbons (Fsp3) is 0.615. The Kier molecular flexibility index (Phi) is 4.68. The van der Waals surface area contributed by atoms with Gasteiger partial charge in [0.25, 0.3) is 0 Å². The number of hydrogen-bond acceptors (Lipinski definition) is 6. The number of nitrogens with one attached hydrogen (secondary N) is 1. The average Bonchev–Trinajstić information content (AvgIpc) is 2.45. The number of rotatable bonds is 4. The first kappa shape index (κ1) is 13.7. The van der Waals surface area contributed by atoms with Gasteiger partial charge in [-0.25, -0.2) is 9.78 Å². The van der Waals surface area contributed by atoms with Gasteiger partial charge in [-0.05, 0) is 26.3 Å². The third kappa shape index (κ3) is 3.89. The van der Waals surface area contributed by atoms with Gasteiger partial charge in [-0.3, -0.25) is 0 Å². The minimum absolute atomic E-state index is 0.0410. The van der Waals surface area contributed by atoms with Crippen molar-refractivity contribution in [2.75, 3.05) is 26.8 Å². The van der Waals surface area contributed by atoms with E-state index in [1.807, 2.05) is 0 Å². The number of hydrogen-bond donors (Lipinski definition) is 1. The Morgan fingerprint density at radius 3 is 3.05 bits per heavy atom. The van der Waals surface area contributed by atoms with Crippen LogP contribution >= 0.6 is 0 Å². The van der Waals surface area contributed by atoms with E-state index in [0.717, 1.165) is 19.5 Å². The SMILES string of the molecule is COC(=O)c1nc(C)cc(OCC2CCCNC2)n1. The summed E-state index contributed by atoms with van der Waals surface area (Å²) in [4.78, 5) is 19.5. The van der Waals surface area contributed by atoms with Crippen molar-refractivity contribution in [2.45, 2.75) is 19.8 Å². The topological polar surface area (TPSA) is 73.3 Å². The number of nitrogens with zero attached hydrogens (tertiary/aromatic N) is 2. The van der Waals surface area contributed by atoms with Crippen LogP contribution in [0.25, 0.3) is 0 Å². The summed E-state index contributed by atoms with van der Waals surface area (Å²) in [6, 6.07) is 1.72.